The summed E-state index contributed by atoms with van der Waals surface area (Å²) in [5, 5.41) is 0.995. The Labute approximate surface area is 118 Å². The van der Waals surface area contributed by atoms with E-state index in [1.807, 2.05) is 0 Å². The van der Waals surface area contributed by atoms with Gasteiger partial charge in [-0.1, -0.05) is 30.2 Å². The quantitative estimate of drug-likeness (QED) is 0.835. The first kappa shape index (κ1) is 7.29. The Morgan fingerprint density at radius 3 is 2.94 bits per heavy atom. The summed E-state index contributed by atoms with van der Waals surface area (Å²) in [4.78, 5) is 16.7. The van der Waals surface area contributed by atoms with Crippen LogP contribution in [-0.2, 0) is 4.79 Å². The number of hydrogen-bond acceptors (Lipinski definition) is 2. The van der Waals surface area contributed by atoms with Gasteiger partial charge >= 0.3 is 0 Å². The van der Waals surface area contributed by atoms with Crippen LogP contribution in [0.4, 0.5) is 0 Å². The molecule has 0 aromatic heterocycles. The van der Waals surface area contributed by atoms with Crippen LogP contribution in [0.25, 0.3) is 0 Å². The second-order valence-electron chi connectivity index (χ2n) is 4.36. The molecule has 1 spiro atoms. The van der Waals surface area contributed by atoms with Crippen molar-refractivity contribution >= 4 is 23.2 Å². The van der Waals surface area contributed by atoms with Crippen molar-refractivity contribution in [1.29, 1.82) is 0 Å². The topological polar surface area (TPSA) is 41.5 Å². The Morgan fingerprint density at radius 1 is 1.39 bits per heavy atom. The van der Waals surface area contributed by atoms with Crippen LogP contribution in [0.1, 0.15) is 43.1 Å². The summed E-state index contributed by atoms with van der Waals surface area (Å²) in [6.07, 6.45) is -4.11. The summed E-state index contributed by atoms with van der Waals surface area (Å²) in [5.74, 6) is -0.728. The van der Waals surface area contributed by atoms with Crippen molar-refractivity contribution in [3.05, 3.63) is 34.9 Å². The molecule has 1 fully saturated rings. The smallest absolute Gasteiger partial charge is 0.272 e. The van der Waals surface area contributed by atoms with Crippen LogP contribution in [0.2, 0.25) is 6.43 Å². The molecule has 0 radical (unpaired) electrons. The summed E-state index contributed by atoms with van der Waals surface area (Å²) >= 11 is 5.83. The van der Waals surface area contributed by atoms with Gasteiger partial charge in [0.2, 0.25) is 0 Å². The summed E-state index contributed by atoms with van der Waals surface area (Å²) in [6.45, 7) is 0. The number of hydrogen-bond donors (Lipinski definition) is 1. The Bertz CT molecular complexity index is 691. The maximum absolute atomic E-state index is 12.4. The largest absolute Gasteiger partial charge is 0.326 e. The van der Waals surface area contributed by atoms with Crippen molar-refractivity contribution in [2.75, 3.05) is 0 Å². The van der Waals surface area contributed by atoms with Gasteiger partial charge in [0.05, 0.1) is 0 Å². The number of halogens is 1. The van der Waals surface area contributed by atoms with Crippen LogP contribution < -0.4 is 5.31 Å². The third kappa shape index (κ3) is 2.03. The fourth-order valence-electron chi connectivity index (χ4n) is 2.13. The van der Waals surface area contributed by atoms with Gasteiger partial charge in [0, 0.05) is 16.1 Å². The molecule has 94 valence electrons. The monoisotopic (exact) mass is 267 g/mol. The van der Waals surface area contributed by atoms with E-state index in [1.54, 1.807) is 24.3 Å². The molecule has 1 aliphatic carbocycles. The molecule has 1 amide bonds. The molecule has 1 unspecified atom stereocenters. The molecule has 1 N–H and O–H groups in total. The molecule has 1 aromatic carbocycles. The van der Waals surface area contributed by atoms with Crippen molar-refractivity contribution in [1.82, 2.24) is 5.31 Å². The Hall–Kier alpha value is -1.35. The molecule has 18 heavy (non-hydrogen) atoms. The number of aliphatic imine (C=N–C) groups is 1. The molecular weight excluding hydrogens is 248 g/mol. The summed E-state index contributed by atoms with van der Waals surface area (Å²) in [5.41, 5.74) is -1.42. The fourth-order valence-corrected chi connectivity index (χ4v) is 2.26. The van der Waals surface area contributed by atoms with Crippen LogP contribution in [0, 0.1) is 0 Å². The SMILES string of the molecule is [2H]N1C(=O)C(c2ccc(Cl)cc2)=NC12CCCC([2H])([2H])C2([2H])[2H]. The van der Waals surface area contributed by atoms with Crippen LogP contribution in [0.3, 0.4) is 0 Å². The lowest BCUT2D eigenvalue weighted by atomic mass is 9.90. The van der Waals surface area contributed by atoms with Gasteiger partial charge in [-0.3, -0.25) is 9.79 Å². The molecule has 1 heterocycles. The normalized spacial score (nSPS) is 37.4. The molecule has 4 heteroatoms. The highest BCUT2D eigenvalue weighted by molar-refractivity contribution is 6.47. The second kappa shape index (κ2) is 4.39. The van der Waals surface area contributed by atoms with Gasteiger partial charge in [0.1, 0.15) is 11.4 Å². The highest BCUT2D eigenvalue weighted by atomic mass is 35.5. The van der Waals surface area contributed by atoms with Gasteiger partial charge in [-0.25, -0.2) is 0 Å². The number of nitrogens with zero attached hydrogens (tertiary/aromatic N) is 1. The molecule has 1 atom stereocenters. The fraction of sp³-hybridized carbons (Fsp3) is 0.429. The van der Waals surface area contributed by atoms with Crippen LogP contribution in [-0.4, -0.2) is 17.3 Å². The molecular formula is C14H15ClN2O. The Morgan fingerprint density at radius 2 is 2.17 bits per heavy atom. The van der Waals surface area contributed by atoms with E-state index in [1.165, 1.54) is 0 Å². The van der Waals surface area contributed by atoms with Gasteiger partial charge in [-0.2, -0.15) is 0 Å². The zero-order valence-corrected chi connectivity index (χ0v) is 10.4. The molecule has 1 aliphatic heterocycles. The van der Waals surface area contributed by atoms with Crippen molar-refractivity contribution in [2.45, 2.75) is 37.7 Å². The number of carbonyl (C=O) groups is 1. The molecule has 1 aromatic rings. The van der Waals surface area contributed by atoms with Gasteiger partial charge in [-0.15, -0.1) is 0 Å². The number of rotatable bonds is 1. The minimum Gasteiger partial charge on any atom is -0.326 e. The van der Waals surface area contributed by atoms with Gasteiger partial charge in [0.15, 0.2) is 1.41 Å². The first-order valence-corrected chi connectivity index (χ1v) is 6.19. The van der Waals surface area contributed by atoms with E-state index in [0.717, 1.165) is 0 Å². The number of carbonyl (C=O) groups excluding carboxylic acids is 1. The molecule has 3 nitrogen and oxygen atoms in total. The van der Waals surface area contributed by atoms with Crippen LogP contribution in [0.15, 0.2) is 29.3 Å². The van der Waals surface area contributed by atoms with Gasteiger partial charge < -0.3 is 5.31 Å². The maximum Gasteiger partial charge on any atom is 0.272 e. The average molecular weight is 268 g/mol. The number of benzene rings is 1. The lowest BCUT2D eigenvalue weighted by Crippen LogP contribution is -2.43. The first-order chi connectivity index (χ1) is 10.6. The van der Waals surface area contributed by atoms with Crippen molar-refractivity contribution in [3.63, 3.8) is 0 Å². The molecule has 0 bridgehead atoms. The zero-order chi connectivity index (χ0) is 17.0. The minimum absolute atomic E-state index is 0.0294. The van der Waals surface area contributed by atoms with E-state index in [4.69, 9.17) is 18.5 Å². The van der Waals surface area contributed by atoms with Gasteiger partial charge in [0.25, 0.3) is 5.91 Å². The second-order valence-corrected chi connectivity index (χ2v) is 4.79. The van der Waals surface area contributed by atoms with Crippen LogP contribution in [0.5, 0.6) is 0 Å². The van der Waals surface area contributed by atoms with Crippen LogP contribution >= 0.6 is 11.6 Å². The van der Waals surface area contributed by atoms with E-state index in [-0.39, 0.29) is 18.6 Å². The van der Waals surface area contributed by atoms with Crippen molar-refractivity contribution in [2.24, 2.45) is 4.99 Å². The lowest BCUT2D eigenvalue weighted by molar-refractivity contribution is -0.115. The number of nitrogens with one attached hydrogen (secondary N) is 1. The van der Waals surface area contributed by atoms with Crippen molar-refractivity contribution < 1.29 is 11.7 Å². The third-order valence-electron chi connectivity index (χ3n) is 3.02. The predicted molar refractivity (Wildman–Crippen MR) is 71.9 cm³/mol. The average Bonchev–Trinajstić information content (AvgIpc) is 2.73. The Balaban J connectivity index is 2.13. The Kier molecular flexibility index (Phi) is 1.78. The highest BCUT2D eigenvalue weighted by Crippen LogP contribution is 2.33. The number of amides is 1. The predicted octanol–water partition coefficient (Wildman–Crippen LogP) is 2.92. The maximum atomic E-state index is 12.4. The van der Waals surface area contributed by atoms with E-state index >= 15 is 0 Å². The van der Waals surface area contributed by atoms with Gasteiger partial charge in [-0.05, 0) is 37.7 Å². The molecule has 2 aliphatic rings. The summed E-state index contributed by atoms with van der Waals surface area (Å²) < 4.78 is 40.4. The van der Waals surface area contributed by atoms with E-state index in [2.05, 4.69) is 4.99 Å². The minimum atomic E-state index is -2.45. The molecule has 3 rings (SSSR count). The summed E-state index contributed by atoms with van der Waals surface area (Å²) in [6, 6.07) is 6.33. The van der Waals surface area contributed by atoms with E-state index < -0.39 is 24.3 Å². The summed E-state index contributed by atoms with van der Waals surface area (Å²) in [7, 11) is 0. The van der Waals surface area contributed by atoms with E-state index in [9.17, 15) is 4.79 Å². The molecule has 0 saturated heterocycles. The molecule has 1 saturated carbocycles. The highest BCUT2D eigenvalue weighted by Gasteiger charge is 2.40. The first-order valence-electron chi connectivity index (χ1n) is 8.26. The van der Waals surface area contributed by atoms with Crippen molar-refractivity contribution in [3.8, 4) is 0 Å². The third-order valence-corrected chi connectivity index (χ3v) is 3.27. The standard InChI is InChI=1S/C14H15ClN2O/c15-11-6-4-10(5-7-11)12-13(18)17-14(16-12)8-2-1-3-9-14/h4-7H,1-3,8-9H2,(H,17,18)/i2D2,8D2/hD. The van der Waals surface area contributed by atoms with E-state index in [0.29, 0.717) is 22.3 Å². The zero-order valence-electron chi connectivity index (χ0n) is 14.6. The lowest BCUT2D eigenvalue weighted by Gasteiger charge is -2.30.